The molecule has 0 heterocycles. The first kappa shape index (κ1) is 9.78. The first-order valence-corrected chi connectivity index (χ1v) is 3.13. The van der Waals surface area contributed by atoms with Crippen LogP contribution in [0.2, 0.25) is 0 Å². The van der Waals surface area contributed by atoms with Crippen molar-refractivity contribution in [2.75, 3.05) is 6.61 Å². The Balaban J connectivity index is 4.26. The SMILES string of the molecule is C=C(O)/C=C(C)\C=C(\O)CO. The van der Waals surface area contributed by atoms with Crippen LogP contribution < -0.4 is 0 Å². The zero-order chi connectivity index (χ0) is 8.85. The van der Waals surface area contributed by atoms with Gasteiger partial charge in [0.05, 0.1) is 0 Å². The van der Waals surface area contributed by atoms with Crippen LogP contribution in [0.3, 0.4) is 0 Å². The lowest BCUT2D eigenvalue weighted by atomic mass is 10.2. The number of aliphatic hydroxyl groups is 3. The molecule has 0 saturated heterocycles. The van der Waals surface area contributed by atoms with Crippen LogP contribution in [0, 0.1) is 0 Å². The normalized spacial score (nSPS) is 13.3. The summed E-state index contributed by atoms with van der Waals surface area (Å²) in [5.41, 5.74) is 0.629. The lowest BCUT2D eigenvalue weighted by molar-refractivity contribution is 0.253. The van der Waals surface area contributed by atoms with E-state index in [1.54, 1.807) is 6.92 Å². The van der Waals surface area contributed by atoms with E-state index in [1.807, 2.05) is 0 Å². The Morgan fingerprint density at radius 2 is 1.91 bits per heavy atom. The lowest BCUT2D eigenvalue weighted by Crippen LogP contribution is -1.88. The maximum Gasteiger partial charge on any atom is 0.118 e. The second kappa shape index (κ2) is 4.57. The maximum atomic E-state index is 8.80. The minimum Gasteiger partial charge on any atom is -0.510 e. The van der Waals surface area contributed by atoms with Crippen molar-refractivity contribution in [3.63, 3.8) is 0 Å². The van der Waals surface area contributed by atoms with Gasteiger partial charge in [0.25, 0.3) is 0 Å². The third-order valence-corrected chi connectivity index (χ3v) is 0.951. The van der Waals surface area contributed by atoms with Crippen molar-refractivity contribution in [2.24, 2.45) is 0 Å². The Morgan fingerprint density at radius 3 is 2.27 bits per heavy atom. The van der Waals surface area contributed by atoms with Crippen LogP contribution in [-0.4, -0.2) is 21.9 Å². The van der Waals surface area contributed by atoms with Crippen LogP contribution in [0.5, 0.6) is 0 Å². The zero-order valence-corrected chi connectivity index (χ0v) is 6.41. The maximum absolute atomic E-state index is 8.80. The second-order valence-electron chi connectivity index (χ2n) is 2.17. The molecule has 0 unspecified atom stereocenters. The Kier molecular flexibility index (Phi) is 4.07. The fourth-order valence-electron chi connectivity index (χ4n) is 0.613. The van der Waals surface area contributed by atoms with Gasteiger partial charge in [-0.2, -0.15) is 0 Å². The molecule has 3 nitrogen and oxygen atoms in total. The molecule has 0 aliphatic rings. The molecule has 62 valence electrons. The molecule has 0 radical (unpaired) electrons. The predicted molar refractivity (Wildman–Crippen MR) is 43.3 cm³/mol. The summed E-state index contributed by atoms with van der Waals surface area (Å²) in [4.78, 5) is 0. The third-order valence-electron chi connectivity index (χ3n) is 0.951. The average Bonchev–Trinajstić information content (AvgIpc) is 1.85. The summed E-state index contributed by atoms with van der Waals surface area (Å²) in [5.74, 6) is -0.218. The largest absolute Gasteiger partial charge is 0.510 e. The van der Waals surface area contributed by atoms with E-state index >= 15 is 0 Å². The van der Waals surface area contributed by atoms with Gasteiger partial charge in [-0.15, -0.1) is 0 Å². The summed E-state index contributed by atoms with van der Waals surface area (Å²) < 4.78 is 0. The van der Waals surface area contributed by atoms with Crippen molar-refractivity contribution in [3.8, 4) is 0 Å². The quantitative estimate of drug-likeness (QED) is 0.428. The minimum atomic E-state index is -0.400. The Morgan fingerprint density at radius 1 is 1.36 bits per heavy atom. The first-order chi connectivity index (χ1) is 5.06. The Labute approximate surface area is 65.6 Å². The smallest absolute Gasteiger partial charge is 0.118 e. The summed E-state index contributed by atoms with van der Waals surface area (Å²) in [6.07, 6.45) is 2.73. The summed E-state index contributed by atoms with van der Waals surface area (Å²) in [7, 11) is 0. The number of rotatable bonds is 3. The molecule has 0 aromatic heterocycles. The van der Waals surface area contributed by atoms with E-state index in [1.165, 1.54) is 12.2 Å². The molecule has 0 saturated carbocycles. The first-order valence-electron chi connectivity index (χ1n) is 3.13. The van der Waals surface area contributed by atoms with Crippen molar-refractivity contribution >= 4 is 0 Å². The number of allylic oxidation sites excluding steroid dienone is 3. The highest BCUT2D eigenvalue weighted by Crippen LogP contribution is 2.01. The van der Waals surface area contributed by atoms with E-state index in [2.05, 4.69) is 6.58 Å². The molecular formula is C8H12O3. The highest BCUT2D eigenvalue weighted by Gasteiger charge is 1.89. The van der Waals surface area contributed by atoms with Gasteiger partial charge in [0.1, 0.15) is 18.1 Å². The molecule has 3 N–H and O–H groups in total. The van der Waals surface area contributed by atoms with Gasteiger partial charge in [0.2, 0.25) is 0 Å². The van der Waals surface area contributed by atoms with Gasteiger partial charge in [-0.1, -0.05) is 6.58 Å². The molecule has 0 bridgehead atoms. The summed E-state index contributed by atoms with van der Waals surface area (Å²) in [6.45, 7) is 4.51. The average molecular weight is 156 g/mol. The molecule has 0 amide bonds. The van der Waals surface area contributed by atoms with Crippen molar-refractivity contribution in [2.45, 2.75) is 6.92 Å². The molecule has 0 rings (SSSR count). The third kappa shape index (κ3) is 5.24. The zero-order valence-electron chi connectivity index (χ0n) is 6.41. The van der Waals surface area contributed by atoms with Gasteiger partial charge < -0.3 is 15.3 Å². The topological polar surface area (TPSA) is 60.7 Å². The molecule has 0 aromatic carbocycles. The number of hydrogen-bond acceptors (Lipinski definition) is 3. The molecule has 3 heteroatoms. The fourth-order valence-corrected chi connectivity index (χ4v) is 0.613. The van der Waals surface area contributed by atoms with Crippen LogP contribution in [0.15, 0.2) is 35.8 Å². The highest BCUT2D eigenvalue weighted by molar-refractivity contribution is 5.24. The van der Waals surface area contributed by atoms with E-state index in [4.69, 9.17) is 15.3 Å². The van der Waals surface area contributed by atoms with Gasteiger partial charge in [-0.3, -0.25) is 0 Å². The summed E-state index contributed by atoms with van der Waals surface area (Å²) >= 11 is 0. The Bertz CT molecular complexity index is 201. The lowest BCUT2D eigenvalue weighted by Gasteiger charge is -1.94. The van der Waals surface area contributed by atoms with Crippen LogP contribution in [0.25, 0.3) is 0 Å². The fraction of sp³-hybridized carbons (Fsp3) is 0.250. The van der Waals surface area contributed by atoms with Crippen molar-refractivity contribution in [1.29, 1.82) is 0 Å². The van der Waals surface area contributed by atoms with E-state index in [-0.39, 0.29) is 11.5 Å². The molecule has 11 heavy (non-hydrogen) atoms. The van der Waals surface area contributed by atoms with Crippen LogP contribution in [0.1, 0.15) is 6.92 Å². The van der Waals surface area contributed by atoms with Crippen LogP contribution in [0.4, 0.5) is 0 Å². The van der Waals surface area contributed by atoms with Crippen molar-refractivity contribution < 1.29 is 15.3 Å². The van der Waals surface area contributed by atoms with Gasteiger partial charge in [0.15, 0.2) is 0 Å². The molecule has 0 fully saturated rings. The Hall–Kier alpha value is -1.22. The monoisotopic (exact) mass is 156 g/mol. The molecule has 0 aliphatic heterocycles. The van der Waals surface area contributed by atoms with E-state index in [0.717, 1.165) is 0 Å². The second-order valence-corrected chi connectivity index (χ2v) is 2.17. The van der Waals surface area contributed by atoms with Gasteiger partial charge in [-0.05, 0) is 24.6 Å². The van der Waals surface area contributed by atoms with E-state index in [0.29, 0.717) is 5.57 Å². The highest BCUT2D eigenvalue weighted by atomic mass is 16.3. The molecular weight excluding hydrogens is 144 g/mol. The van der Waals surface area contributed by atoms with Gasteiger partial charge in [0, 0.05) is 0 Å². The van der Waals surface area contributed by atoms with E-state index < -0.39 is 6.61 Å². The number of hydrogen-bond donors (Lipinski definition) is 3. The van der Waals surface area contributed by atoms with Gasteiger partial charge >= 0.3 is 0 Å². The van der Waals surface area contributed by atoms with Crippen molar-refractivity contribution in [3.05, 3.63) is 35.8 Å². The minimum absolute atomic E-state index is 0.0792. The summed E-state index contributed by atoms with van der Waals surface area (Å²) in [5, 5.41) is 25.9. The number of aliphatic hydroxyl groups excluding tert-OH is 3. The molecule has 0 aromatic rings. The standard InChI is InChI=1S/C8H12O3/c1-6(3-7(2)10)4-8(11)5-9/h3-4,9-11H,2,5H2,1H3/b6-3-,8-4+. The van der Waals surface area contributed by atoms with Crippen LogP contribution >= 0.6 is 0 Å². The molecule has 0 aliphatic carbocycles. The predicted octanol–water partition coefficient (Wildman–Crippen LogP) is 1.44. The molecule has 0 atom stereocenters. The van der Waals surface area contributed by atoms with Gasteiger partial charge in [-0.25, -0.2) is 0 Å². The van der Waals surface area contributed by atoms with Crippen LogP contribution in [-0.2, 0) is 0 Å². The van der Waals surface area contributed by atoms with Crippen molar-refractivity contribution in [1.82, 2.24) is 0 Å². The summed E-state index contributed by atoms with van der Waals surface area (Å²) in [6, 6.07) is 0. The molecule has 0 spiro atoms. The van der Waals surface area contributed by atoms with E-state index in [9.17, 15) is 0 Å².